The van der Waals surface area contributed by atoms with Crippen molar-refractivity contribution in [1.29, 1.82) is 5.26 Å². The number of nitrogens with zero attached hydrogens (tertiary/aromatic N) is 1. The second-order valence-corrected chi connectivity index (χ2v) is 3.60. The van der Waals surface area contributed by atoms with Gasteiger partial charge in [0, 0.05) is 5.69 Å². The van der Waals surface area contributed by atoms with Crippen LogP contribution in [0, 0.1) is 18.3 Å². The number of benzene rings is 2. The monoisotopic (exact) mass is 208 g/mol. The Morgan fingerprint density at radius 2 is 1.75 bits per heavy atom. The molecular weight excluding hydrogens is 196 g/mol. The fourth-order valence-electron chi connectivity index (χ4n) is 1.60. The second-order valence-electron chi connectivity index (χ2n) is 3.60. The number of para-hydroxylation sites is 1. The van der Waals surface area contributed by atoms with Crippen LogP contribution in [0.5, 0.6) is 0 Å². The summed E-state index contributed by atoms with van der Waals surface area (Å²) in [5, 5.41) is 12.3. The molecule has 1 N–H and O–H groups in total. The zero-order valence-corrected chi connectivity index (χ0v) is 9.07. The Kier molecular flexibility index (Phi) is 2.88. The Hall–Kier alpha value is -2.27. The molecule has 0 aliphatic heterocycles. The third-order valence-electron chi connectivity index (χ3n) is 2.44. The summed E-state index contributed by atoms with van der Waals surface area (Å²) in [6.45, 7) is 1.94. The molecule has 0 saturated heterocycles. The third-order valence-corrected chi connectivity index (χ3v) is 2.44. The fourth-order valence-corrected chi connectivity index (χ4v) is 1.60. The van der Waals surface area contributed by atoms with E-state index in [0.717, 1.165) is 16.9 Å². The highest BCUT2D eigenvalue weighted by molar-refractivity contribution is 5.68. The second kappa shape index (κ2) is 4.50. The molecule has 0 atom stereocenters. The van der Waals surface area contributed by atoms with E-state index in [1.165, 1.54) is 0 Å². The van der Waals surface area contributed by atoms with E-state index in [0.29, 0.717) is 5.56 Å². The Morgan fingerprint density at radius 1 is 1.00 bits per heavy atom. The van der Waals surface area contributed by atoms with E-state index < -0.39 is 0 Å². The van der Waals surface area contributed by atoms with Gasteiger partial charge in [-0.15, -0.1) is 0 Å². The van der Waals surface area contributed by atoms with Crippen LogP contribution < -0.4 is 5.32 Å². The molecule has 0 saturated carbocycles. The Balaban J connectivity index is 2.36. The average Bonchev–Trinajstić information content (AvgIpc) is 2.31. The molecule has 2 aromatic carbocycles. The van der Waals surface area contributed by atoms with E-state index in [4.69, 9.17) is 5.26 Å². The Labute approximate surface area is 95.2 Å². The summed E-state index contributed by atoms with van der Waals surface area (Å²) in [6, 6.07) is 17.9. The number of hydrogen-bond donors (Lipinski definition) is 1. The molecule has 0 heterocycles. The maximum absolute atomic E-state index is 9.09. The van der Waals surface area contributed by atoms with E-state index in [1.54, 1.807) is 0 Å². The lowest BCUT2D eigenvalue weighted by Gasteiger charge is -2.09. The third kappa shape index (κ3) is 2.04. The van der Waals surface area contributed by atoms with Gasteiger partial charge in [-0.05, 0) is 30.7 Å². The number of hydrogen-bond acceptors (Lipinski definition) is 2. The van der Waals surface area contributed by atoms with Gasteiger partial charge in [0.2, 0.25) is 0 Å². The molecule has 0 aromatic heterocycles. The molecule has 0 aliphatic carbocycles. The van der Waals surface area contributed by atoms with Crippen LogP contribution in [0.3, 0.4) is 0 Å². The van der Waals surface area contributed by atoms with Gasteiger partial charge < -0.3 is 5.32 Å². The largest absolute Gasteiger partial charge is 0.354 e. The van der Waals surface area contributed by atoms with Crippen molar-refractivity contribution in [2.24, 2.45) is 0 Å². The van der Waals surface area contributed by atoms with Crippen molar-refractivity contribution in [1.82, 2.24) is 0 Å². The van der Waals surface area contributed by atoms with Gasteiger partial charge in [-0.2, -0.15) is 5.26 Å². The quantitative estimate of drug-likeness (QED) is 0.818. The molecule has 78 valence electrons. The first-order chi connectivity index (χ1) is 7.81. The van der Waals surface area contributed by atoms with Gasteiger partial charge in [0.25, 0.3) is 0 Å². The number of rotatable bonds is 2. The van der Waals surface area contributed by atoms with Crippen molar-refractivity contribution < 1.29 is 0 Å². The predicted octanol–water partition coefficient (Wildman–Crippen LogP) is 3.61. The Bertz CT molecular complexity index is 524. The zero-order valence-electron chi connectivity index (χ0n) is 9.07. The van der Waals surface area contributed by atoms with Crippen LogP contribution in [0.15, 0.2) is 48.5 Å². The topological polar surface area (TPSA) is 35.8 Å². The minimum Gasteiger partial charge on any atom is -0.354 e. The van der Waals surface area contributed by atoms with Crippen molar-refractivity contribution in [3.63, 3.8) is 0 Å². The van der Waals surface area contributed by atoms with Crippen LogP contribution >= 0.6 is 0 Å². The van der Waals surface area contributed by atoms with Gasteiger partial charge in [-0.3, -0.25) is 0 Å². The molecule has 16 heavy (non-hydrogen) atoms. The average molecular weight is 208 g/mol. The van der Waals surface area contributed by atoms with E-state index in [9.17, 15) is 0 Å². The van der Waals surface area contributed by atoms with E-state index in [1.807, 2.05) is 55.5 Å². The molecule has 0 amide bonds. The Morgan fingerprint density at radius 3 is 2.44 bits per heavy atom. The molecule has 2 aromatic rings. The minimum atomic E-state index is 0.700. The van der Waals surface area contributed by atoms with E-state index >= 15 is 0 Å². The van der Waals surface area contributed by atoms with Crippen LogP contribution in [0.2, 0.25) is 0 Å². The molecule has 0 unspecified atom stereocenters. The summed E-state index contributed by atoms with van der Waals surface area (Å²) >= 11 is 0. The van der Waals surface area contributed by atoms with Crippen molar-refractivity contribution in [3.05, 3.63) is 59.7 Å². The first-order valence-electron chi connectivity index (χ1n) is 5.13. The predicted molar refractivity (Wildman–Crippen MR) is 65.6 cm³/mol. The smallest absolute Gasteiger partial charge is 0.102 e. The van der Waals surface area contributed by atoms with Gasteiger partial charge in [0.15, 0.2) is 0 Å². The number of aryl methyl sites for hydroxylation is 1. The molecule has 0 bridgehead atoms. The van der Waals surface area contributed by atoms with E-state index in [-0.39, 0.29) is 0 Å². The summed E-state index contributed by atoms with van der Waals surface area (Å²) in [6.07, 6.45) is 0. The van der Waals surface area contributed by atoms with Crippen LogP contribution in [-0.2, 0) is 0 Å². The lowest BCUT2D eigenvalue weighted by atomic mass is 10.1. The van der Waals surface area contributed by atoms with Crippen molar-refractivity contribution in [3.8, 4) is 6.07 Å². The lowest BCUT2D eigenvalue weighted by Crippen LogP contribution is -1.94. The summed E-state index contributed by atoms with van der Waals surface area (Å²) in [5.74, 6) is 0. The molecule has 2 heteroatoms. The van der Waals surface area contributed by atoms with Crippen LogP contribution in [0.1, 0.15) is 11.1 Å². The summed E-state index contributed by atoms with van der Waals surface area (Å²) in [5.41, 5.74) is 3.54. The summed E-state index contributed by atoms with van der Waals surface area (Å²) in [7, 11) is 0. The van der Waals surface area contributed by atoms with Gasteiger partial charge >= 0.3 is 0 Å². The molecular formula is C14H12N2. The molecule has 2 nitrogen and oxygen atoms in total. The summed E-state index contributed by atoms with van der Waals surface area (Å²) < 4.78 is 0. The van der Waals surface area contributed by atoms with Crippen LogP contribution in [0.25, 0.3) is 0 Å². The van der Waals surface area contributed by atoms with Crippen molar-refractivity contribution in [2.75, 3.05) is 5.32 Å². The van der Waals surface area contributed by atoms with Gasteiger partial charge in [0.05, 0.1) is 11.3 Å². The SMILES string of the molecule is Cc1cccc(Nc2ccccc2)c1C#N. The fraction of sp³-hybridized carbons (Fsp3) is 0.0714. The highest BCUT2D eigenvalue weighted by Crippen LogP contribution is 2.22. The molecule has 0 spiro atoms. The van der Waals surface area contributed by atoms with Gasteiger partial charge in [-0.1, -0.05) is 30.3 Å². The standard InChI is InChI=1S/C14H12N2/c1-11-6-5-9-14(13(11)10-15)16-12-7-3-2-4-8-12/h2-9,16H,1H3. The maximum Gasteiger partial charge on any atom is 0.102 e. The maximum atomic E-state index is 9.09. The summed E-state index contributed by atoms with van der Waals surface area (Å²) in [4.78, 5) is 0. The van der Waals surface area contributed by atoms with Crippen LogP contribution in [0.4, 0.5) is 11.4 Å². The number of nitriles is 1. The first-order valence-corrected chi connectivity index (χ1v) is 5.13. The van der Waals surface area contributed by atoms with Crippen molar-refractivity contribution >= 4 is 11.4 Å². The van der Waals surface area contributed by atoms with Crippen molar-refractivity contribution in [2.45, 2.75) is 6.92 Å². The zero-order chi connectivity index (χ0) is 11.4. The highest BCUT2D eigenvalue weighted by Gasteiger charge is 2.04. The highest BCUT2D eigenvalue weighted by atomic mass is 14.9. The minimum absolute atomic E-state index is 0.700. The number of anilines is 2. The van der Waals surface area contributed by atoms with Crippen LogP contribution in [-0.4, -0.2) is 0 Å². The molecule has 0 fully saturated rings. The van der Waals surface area contributed by atoms with E-state index in [2.05, 4.69) is 11.4 Å². The molecule has 2 rings (SSSR count). The van der Waals surface area contributed by atoms with Gasteiger partial charge in [-0.25, -0.2) is 0 Å². The normalized spacial score (nSPS) is 9.50. The first kappa shape index (κ1) is 10.3. The molecule has 0 aliphatic rings. The van der Waals surface area contributed by atoms with Gasteiger partial charge in [0.1, 0.15) is 6.07 Å². The molecule has 0 radical (unpaired) electrons. The number of nitrogens with one attached hydrogen (secondary N) is 1. The lowest BCUT2D eigenvalue weighted by molar-refractivity contribution is 1.38.